The summed E-state index contributed by atoms with van der Waals surface area (Å²) < 4.78 is 11.2. The highest BCUT2D eigenvalue weighted by Crippen LogP contribution is 2.19. The van der Waals surface area contributed by atoms with Gasteiger partial charge in [-0.1, -0.05) is 24.3 Å². The third-order valence-corrected chi connectivity index (χ3v) is 5.86. The highest BCUT2D eigenvalue weighted by molar-refractivity contribution is 5.90. The van der Waals surface area contributed by atoms with Crippen LogP contribution in [0.3, 0.4) is 0 Å². The van der Waals surface area contributed by atoms with Gasteiger partial charge in [0.25, 0.3) is 0 Å². The minimum Gasteiger partial charge on any atom is -0.493 e. The summed E-state index contributed by atoms with van der Waals surface area (Å²) in [6, 6.07) is 13.8. The van der Waals surface area contributed by atoms with E-state index in [1.807, 2.05) is 44.2 Å². The largest absolute Gasteiger partial charge is 0.493 e. The van der Waals surface area contributed by atoms with Crippen LogP contribution < -0.4 is 15.4 Å². The molecule has 0 spiro atoms. The van der Waals surface area contributed by atoms with Crippen molar-refractivity contribution in [2.24, 2.45) is 0 Å². The van der Waals surface area contributed by atoms with Crippen LogP contribution >= 0.6 is 0 Å². The molecule has 0 radical (unpaired) electrons. The van der Waals surface area contributed by atoms with E-state index in [1.165, 1.54) is 5.56 Å². The number of hydrogen-bond acceptors (Lipinski definition) is 5. The zero-order valence-electron chi connectivity index (χ0n) is 20.4. The van der Waals surface area contributed by atoms with Crippen LogP contribution in [-0.4, -0.2) is 56.2 Å². The lowest BCUT2D eigenvalue weighted by Crippen LogP contribution is -2.38. The molecule has 2 N–H and O–H groups in total. The SMILES string of the molecule is Cc1ccc(C)c(OCCCCC(=O)NCc2cccc(NC(=O)CCN3CCOCC3)c2)c1. The molecular formula is C27H37N3O4. The number of carbonyl (C=O) groups excluding carboxylic acids is 2. The van der Waals surface area contributed by atoms with Gasteiger partial charge in [-0.05, 0) is 61.6 Å². The van der Waals surface area contributed by atoms with E-state index in [2.05, 4.69) is 27.7 Å². The van der Waals surface area contributed by atoms with Crippen LogP contribution in [0.1, 0.15) is 42.4 Å². The number of carbonyl (C=O) groups is 2. The number of ether oxygens (including phenoxy) is 2. The fourth-order valence-corrected chi connectivity index (χ4v) is 3.79. The first-order valence-corrected chi connectivity index (χ1v) is 12.2. The summed E-state index contributed by atoms with van der Waals surface area (Å²) in [6.45, 7) is 9.08. The summed E-state index contributed by atoms with van der Waals surface area (Å²) in [7, 11) is 0. The smallest absolute Gasteiger partial charge is 0.225 e. The first-order chi connectivity index (χ1) is 16.5. The van der Waals surface area contributed by atoms with Crippen molar-refractivity contribution in [2.45, 2.75) is 46.1 Å². The van der Waals surface area contributed by atoms with E-state index in [1.54, 1.807) is 0 Å². The normalized spacial score (nSPS) is 13.9. The van der Waals surface area contributed by atoms with Crippen molar-refractivity contribution < 1.29 is 19.1 Å². The Balaban J connectivity index is 1.30. The van der Waals surface area contributed by atoms with Gasteiger partial charge in [0.15, 0.2) is 0 Å². The highest BCUT2D eigenvalue weighted by atomic mass is 16.5. The number of benzene rings is 2. The molecule has 34 heavy (non-hydrogen) atoms. The third-order valence-electron chi connectivity index (χ3n) is 5.86. The van der Waals surface area contributed by atoms with Crippen molar-refractivity contribution in [1.29, 1.82) is 0 Å². The van der Waals surface area contributed by atoms with Crippen molar-refractivity contribution in [1.82, 2.24) is 10.2 Å². The third kappa shape index (κ3) is 9.15. The molecule has 7 heteroatoms. The summed E-state index contributed by atoms with van der Waals surface area (Å²) in [5.74, 6) is 0.931. The lowest BCUT2D eigenvalue weighted by molar-refractivity contribution is -0.121. The number of hydrogen-bond donors (Lipinski definition) is 2. The zero-order chi connectivity index (χ0) is 24.2. The van der Waals surface area contributed by atoms with Crippen LogP contribution in [0.4, 0.5) is 5.69 Å². The molecule has 2 amide bonds. The van der Waals surface area contributed by atoms with Gasteiger partial charge >= 0.3 is 0 Å². The molecule has 1 aliphatic rings. The number of aryl methyl sites for hydroxylation is 2. The molecule has 2 aromatic rings. The molecule has 7 nitrogen and oxygen atoms in total. The van der Waals surface area contributed by atoms with Gasteiger partial charge < -0.3 is 20.1 Å². The van der Waals surface area contributed by atoms with E-state index in [9.17, 15) is 9.59 Å². The maximum Gasteiger partial charge on any atom is 0.225 e. The van der Waals surface area contributed by atoms with Crippen LogP contribution in [0.5, 0.6) is 5.75 Å². The summed E-state index contributed by atoms with van der Waals surface area (Å²) >= 11 is 0. The van der Waals surface area contributed by atoms with E-state index < -0.39 is 0 Å². The van der Waals surface area contributed by atoms with E-state index >= 15 is 0 Å². The van der Waals surface area contributed by atoms with Crippen molar-refractivity contribution in [3.63, 3.8) is 0 Å². The summed E-state index contributed by atoms with van der Waals surface area (Å²) in [5.41, 5.74) is 4.01. The molecular weight excluding hydrogens is 430 g/mol. The van der Waals surface area contributed by atoms with Gasteiger partial charge in [0, 0.05) is 44.7 Å². The number of nitrogens with zero attached hydrogens (tertiary/aromatic N) is 1. The summed E-state index contributed by atoms with van der Waals surface area (Å²) in [4.78, 5) is 26.7. The predicted molar refractivity (Wildman–Crippen MR) is 134 cm³/mol. The minimum atomic E-state index is -0.00393. The molecule has 2 aromatic carbocycles. The van der Waals surface area contributed by atoms with Gasteiger partial charge in [0.2, 0.25) is 11.8 Å². The van der Waals surface area contributed by atoms with E-state index in [-0.39, 0.29) is 11.8 Å². The van der Waals surface area contributed by atoms with Gasteiger partial charge in [0.1, 0.15) is 5.75 Å². The van der Waals surface area contributed by atoms with E-state index in [0.717, 1.165) is 68.3 Å². The van der Waals surface area contributed by atoms with Gasteiger partial charge in [0.05, 0.1) is 19.8 Å². The first kappa shape index (κ1) is 25.7. The second kappa shape index (κ2) is 13.7. The van der Waals surface area contributed by atoms with Crippen molar-refractivity contribution in [3.05, 3.63) is 59.2 Å². The first-order valence-electron chi connectivity index (χ1n) is 12.2. The highest BCUT2D eigenvalue weighted by Gasteiger charge is 2.12. The number of rotatable bonds is 12. The van der Waals surface area contributed by atoms with Gasteiger partial charge in [-0.25, -0.2) is 0 Å². The van der Waals surface area contributed by atoms with Gasteiger partial charge in [-0.15, -0.1) is 0 Å². The van der Waals surface area contributed by atoms with Gasteiger partial charge in [-0.3, -0.25) is 14.5 Å². The predicted octanol–water partition coefficient (Wildman–Crippen LogP) is 3.83. The van der Waals surface area contributed by atoms with Gasteiger partial charge in [-0.2, -0.15) is 0 Å². The maximum absolute atomic E-state index is 12.3. The topological polar surface area (TPSA) is 79.9 Å². The molecule has 1 aliphatic heterocycles. The molecule has 1 fully saturated rings. The Labute approximate surface area is 202 Å². The molecule has 1 heterocycles. The second-order valence-electron chi connectivity index (χ2n) is 8.80. The standard InChI is InChI=1S/C27H37N3O4/c1-21-9-10-22(2)25(18-21)34-15-4-3-8-26(31)28-20-23-6-5-7-24(19-23)29-27(32)11-12-30-13-16-33-17-14-30/h5-7,9-10,18-19H,3-4,8,11-17,20H2,1-2H3,(H,28,31)(H,29,32). The minimum absolute atomic E-state index is 0.00393. The van der Waals surface area contributed by atoms with E-state index in [4.69, 9.17) is 9.47 Å². The fraction of sp³-hybridized carbons (Fsp3) is 0.481. The summed E-state index contributed by atoms with van der Waals surface area (Å²) in [5, 5.41) is 5.92. The average Bonchev–Trinajstić information content (AvgIpc) is 2.84. The molecule has 184 valence electrons. The Morgan fingerprint density at radius 1 is 1.00 bits per heavy atom. The molecule has 3 rings (SSSR count). The van der Waals surface area contributed by atoms with Crippen LogP contribution in [0.2, 0.25) is 0 Å². The monoisotopic (exact) mass is 467 g/mol. The Bertz CT molecular complexity index is 941. The second-order valence-corrected chi connectivity index (χ2v) is 8.80. The van der Waals surface area contributed by atoms with E-state index in [0.29, 0.717) is 26.0 Å². The van der Waals surface area contributed by atoms with Crippen LogP contribution in [0.15, 0.2) is 42.5 Å². The molecule has 0 unspecified atom stereocenters. The molecule has 0 bridgehead atoms. The molecule has 0 aliphatic carbocycles. The van der Waals surface area contributed by atoms with Crippen molar-refractivity contribution in [3.8, 4) is 5.75 Å². The Kier molecular flexibility index (Phi) is 10.4. The lowest BCUT2D eigenvalue weighted by Gasteiger charge is -2.26. The number of anilines is 1. The lowest BCUT2D eigenvalue weighted by atomic mass is 10.1. The number of nitrogens with one attached hydrogen (secondary N) is 2. The summed E-state index contributed by atoms with van der Waals surface area (Å²) in [6.07, 6.45) is 2.52. The average molecular weight is 468 g/mol. The Morgan fingerprint density at radius 3 is 2.65 bits per heavy atom. The molecule has 0 saturated carbocycles. The quantitative estimate of drug-likeness (QED) is 0.464. The Hall–Kier alpha value is -2.90. The zero-order valence-corrected chi connectivity index (χ0v) is 20.4. The fourth-order valence-electron chi connectivity index (χ4n) is 3.79. The number of amides is 2. The van der Waals surface area contributed by atoms with Crippen molar-refractivity contribution in [2.75, 3.05) is 44.8 Å². The van der Waals surface area contributed by atoms with Crippen LogP contribution in [0, 0.1) is 13.8 Å². The molecule has 0 aromatic heterocycles. The Morgan fingerprint density at radius 2 is 1.82 bits per heavy atom. The number of morpholine rings is 1. The number of unbranched alkanes of at least 4 members (excludes halogenated alkanes) is 1. The maximum atomic E-state index is 12.3. The molecule has 1 saturated heterocycles. The van der Waals surface area contributed by atoms with Crippen molar-refractivity contribution >= 4 is 17.5 Å². The molecule has 0 atom stereocenters. The van der Waals surface area contributed by atoms with Crippen LogP contribution in [0.25, 0.3) is 0 Å². The van der Waals surface area contributed by atoms with Crippen LogP contribution in [-0.2, 0) is 20.9 Å².